The van der Waals surface area contributed by atoms with Crippen LogP contribution in [0.25, 0.3) is 11.4 Å². The summed E-state index contributed by atoms with van der Waals surface area (Å²) in [6.45, 7) is 0. The number of benzene rings is 2. The number of nitrogens with zero attached hydrogens (tertiary/aromatic N) is 3. The summed E-state index contributed by atoms with van der Waals surface area (Å²) in [4.78, 5) is 26.4. The second-order valence-corrected chi connectivity index (χ2v) is 6.56. The second kappa shape index (κ2) is 8.14. The van der Waals surface area contributed by atoms with Crippen LogP contribution < -0.4 is 5.32 Å². The summed E-state index contributed by atoms with van der Waals surface area (Å²) in [7, 11) is 0. The van der Waals surface area contributed by atoms with Gasteiger partial charge in [0.25, 0.3) is 5.69 Å². The van der Waals surface area contributed by atoms with Crippen LogP contribution in [0.15, 0.2) is 47.6 Å². The number of amides is 1. The number of rotatable bonds is 6. The average Bonchev–Trinajstić information content (AvgIpc) is 3.10. The van der Waals surface area contributed by atoms with Crippen molar-refractivity contribution < 1.29 is 14.1 Å². The van der Waals surface area contributed by atoms with E-state index in [1.165, 1.54) is 24.3 Å². The summed E-state index contributed by atoms with van der Waals surface area (Å²) < 4.78 is 13.7. The number of H-pyrrole nitrogens is 1. The SMILES string of the molecule is O=C(CSc1n[nH]c(-c2ccccc2F)n1)Nc1ccc(Cl)c([N+](=O)[O-])c1. The van der Waals surface area contributed by atoms with Crippen molar-refractivity contribution in [2.45, 2.75) is 5.16 Å². The van der Waals surface area contributed by atoms with Gasteiger partial charge in [-0.05, 0) is 24.3 Å². The van der Waals surface area contributed by atoms with Crippen molar-refractivity contribution in [3.8, 4) is 11.4 Å². The standard InChI is InChI=1S/C16H11ClFN5O3S/c17-11-6-5-9(7-13(11)23(25)26)19-14(24)8-27-16-20-15(21-22-16)10-3-1-2-4-12(10)18/h1-7H,8H2,(H,19,24)(H,20,21,22). The van der Waals surface area contributed by atoms with Gasteiger partial charge in [0.15, 0.2) is 5.82 Å². The van der Waals surface area contributed by atoms with Crippen LogP contribution in [-0.2, 0) is 4.79 Å². The van der Waals surface area contributed by atoms with Crippen molar-refractivity contribution in [1.82, 2.24) is 15.2 Å². The van der Waals surface area contributed by atoms with E-state index in [0.29, 0.717) is 0 Å². The molecule has 0 bridgehead atoms. The minimum absolute atomic E-state index is 0.0197. The van der Waals surface area contributed by atoms with Gasteiger partial charge in [-0.3, -0.25) is 20.0 Å². The summed E-state index contributed by atoms with van der Waals surface area (Å²) in [5.74, 6) is -0.629. The summed E-state index contributed by atoms with van der Waals surface area (Å²) in [6, 6.07) is 10.1. The number of carbonyl (C=O) groups excluding carboxylic acids is 1. The Labute approximate surface area is 161 Å². The van der Waals surface area contributed by atoms with Gasteiger partial charge in [0.2, 0.25) is 11.1 Å². The van der Waals surface area contributed by atoms with Crippen LogP contribution in [0.2, 0.25) is 5.02 Å². The van der Waals surface area contributed by atoms with Gasteiger partial charge in [0, 0.05) is 11.8 Å². The minimum Gasteiger partial charge on any atom is -0.325 e. The number of nitro benzene ring substituents is 1. The molecule has 0 spiro atoms. The Hall–Kier alpha value is -2.98. The predicted octanol–water partition coefficient (Wildman–Crippen LogP) is 3.90. The quantitative estimate of drug-likeness (QED) is 0.364. The van der Waals surface area contributed by atoms with E-state index in [9.17, 15) is 19.3 Å². The molecule has 3 rings (SSSR count). The maximum Gasteiger partial charge on any atom is 0.289 e. The van der Waals surface area contributed by atoms with Gasteiger partial charge in [-0.2, -0.15) is 0 Å². The first-order valence-corrected chi connectivity index (χ1v) is 8.84. The van der Waals surface area contributed by atoms with E-state index < -0.39 is 16.6 Å². The molecule has 0 saturated heterocycles. The maximum atomic E-state index is 13.7. The molecular formula is C16H11ClFN5O3S. The number of thioether (sulfide) groups is 1. The molecule has 0 fully saturated rings. The molecule has 1 aromatic heterocycles. The first kappa shape index (κ1) is 18.8. The number of hydrogen-bond donors (Lipinski definition) is 2. The van der Waals surface area contributed by atoms with Crippen LogP contribution in [0.1, 0.15) is 0 Å². The highest BCUT2D eigenvalue weighted by Crippen LogP contribution is 2.27. The predicted molar refractivity (Wildman–Crippen MR) is 99.2 cm³/mol. The smallest absolute Gasteiger partial charge is 0.289 e. The molecule has 138 valence electrons. The van der Waals surface area contributed by atoms with Gasteiger partial charge < -0.3 is 5.32 Å². The zero-order valence-electron chi connectivity index (χ0n) is 13.5. The van der Waals surface area contributed by atoms with E-state index in [-0.39, 0.29) is 38.7 Å². The highest BCUT2D eigenvalue weighted by Gasteiger charge is 2.15. The van der Waals surface area contributed by atoms with E-state index in [1.807, 2.05) is 0 Å². The number of nitro groups is 1. The van der Waals surface area contributed by atoms with Crippen molar-refractivity contribution >= 4 is 40.6 Å². The molecule has 0 aliphatic carbocycles. The lowest BCUT2D eigenvalue weighted by Crippen LogP contribution is -2.14. The van der Waals surface area contributed by atoms with Crippen molar-refractivity contribution in [2.75, 3.05) is 11.1 Å². The first-order chi connectivity index (χ1) is 12.9. The first-order valence-electron chi connectivity index (χ1n) is 7.48. The fraction of sp³-hybridized carbons (Fsp3) is 0.0625. The Morgan fingerprint density at radius 2 is 2.11 bits per heavy atom. The van der Waals surface area contributed by atoms with Crippen LogP contribution in [0.5, 0.6) is 0 Å². The summed E-state index contributed by atoms with van der Waals surface area (Å²) in [5.41, 5.74) is 0.221. The van der Waals surface area contributed by atoms with Crippen LogP contribution >= 0.6 is 23.4 Å². The second-order valence-electron chi connectivity index (χ2n) is 5.21. The monoisotopic (exact) mass is 407 g/mol. The van der Waals surface area contributed by atoms with Gasteiger partial charge in [-0.1, -0.05) is 35.5 Å². The van der Waals surface area contributed by atoms with E-state index in [4.69, 9.17) is 11.6 Å². The Kier molecular flexibility index (Phi) is 5.67. The van der Waals surface area contributed by atoms with E-state index in [1.54, 1.807) is 18.2 Å². The lowest BCUT2D eigenvalue weighted by Gasteiger charge is -2.04. The number of anilines is 1. The third-order valence-corrected chi connectivity index (χ3v) is 4.52. The van der Waals surface area contributed by atoms with E-state index in [0.717, 1.165) is 11.8 Å². The lowest BCUT2D eigenvalue weighted by atomic mass is 10.2. The number of aromatic amines is 1. The Bertz CT molecular complexity index is 1010. The fourth-order valence-corrected chi connectivity index (χ4v) is 2.93. The Morgan fingerprint density at radius 1 is 1.33 bits per heavy atom. The molecule has 1 amide bonds. The third-order valence-electron chi connectivity index (χ3n) is 3.35. The Balaban J connectivity index is 1.61. The number of aromatic nitrogens is 3. The molecule has 1 heterocycles. The van der Waals surface area contributed by atoms with Crippen molar-refractivity contribution in [1.29, 1.82) is 0 Å². The molecule has 0 aliphatic heterocycles. The van der Waals surface area contributed by atoms with Crippen LogP contribution in [0, 0.1) is 15.9 Å². The molecule has 27 heavy (non-hydrogen) atoms. The Morgan fingerprint density at radius 3 is 2.85 bits per heavy atom. The number of hydrogen-bond acceptors (Lipinski definition) is 6. The van der Waals surface area contributed by atoms with Gasteiger partial charge >= 0.3 is 0 Å². The molecule has 0 unspecified atom stereocenters. The molecule has 3 aromatic rings. The zero-order chi connectivity index (χ0) is 19.4. The maximum absolute atomic E-state index is 13.7. The molecule has 0 radical (unpaired) electrons. The highest BCUT2D eigenvalue weighted by molar-refractivity contribution is 7.99. The molecule has 2 aromatic carbocycles. The molecule has 11 heteroatoms. The average molecular weight is 408 g/mol. The van der Waals surface area contributed by atoms with E-state index in [2.05, 4.69) is 20.5 Å². The van der Waals surface area contributed by atoms with Gasteiger partial charge in [0.1, 0.15) is 10.8 Å². The topological polar surface area (TPSA) is 114 Å². The zero-order valence-corrected chi connectivity index (χ0v) is 15.1. The van der Waals surface area contributed by atoms with Gasteiger partial charge in [-0.25, -0.2) is 9.37 Å². The van der Waals surface area contributed by atoms with E-state index >= 15 is 0 Å². The molecule has 0 saturated carbocycles. The summed E-state index contributed by atoms with van der Waals surface area (Å²) in [5, 5.41) is 20.2. The third kappa shape index (κ3) is 4.60. The number of nitrogens with one attached hydrogen (secondary N) is 2. The fourth-order valence-electron chi connectivity index (χ4n) is 2.14. The van der Waals surface area contributed by atoms with Gasteiger partial charge in [-0.15, -0.1) is 5.10 Å². The van der Waals surface area contributed by atoms with Crippen molar-refractivity contribution in [3.63, 3.8) is 0 Å². The largest absolute Gasteiger partial charge is 0.325 e. The number of carbonyl (C=O) groups is 1. The molecule has 0 atom stereocenters. The minimum atomic E-state index is -0.634. The summed E-state index contributed by atoms with van der Waals surface area (Å²) in [6.07, 6.45) is 0. The van der Waals surface area contributed by atoms with Crippen LogP contribution in [0.3, 0.4) is 0 Å². The van der Waals surface area contributed by atoms with Crippen LogP contribution in [-0.4, -0.2) is 31.8 Å². The lowest BCUT2D eigenvalue weighted by molar-refractivity contribution is -0.384. The van der Waals surface area contributed by atoms with Crippen molar-refractivity contribution in [2.24, 2.45) is 0 Å². The molecular weight excluding hydrogens is 397 g/mol. The summed E-state index contributed by atoms with van der Waals surface area (Å²) >= 11 is 6.76. The molecule has 8 nitrogen and oxygen atoms in total. The van der Waals surface area contributed by atoms with Gasteiger partial charge in [0.05, 0.1) is 16.2 Å². The molecule has 2 N–H and O–H groups in total. The van der Waals surface area contributed by atoms with Crippen LogP contribution in [0.4, 0.5) is 15.8 Å². The molecule has 0 aliphatic rings. The number of halogens is 2. The van der Waals surface area contributed by atoms with Crippen molar-refractivity contribution in [3.05, 3.63) is 63.4 Å². The normalized spacial score (nSPS) is 10.6. The highest BCUT2D eigenvalue weighted by atomic mass is 35.5.